The molecule has 0 bridgehead atoms. The molecule has 4 aliphatic carbocycles. The molecule has 1 unspecified atom stereocenters. The molecule has 1 N–H and O–H groups in total. The van der Waals surface area contributed by atoms with Gasteiger partial charge >= 0.3 is 11.9 Å². The number of cyclic esters (lactones) is 1. The molecule has 1 aliphatic heterocycles. The predicted octanol–water partition coefficient (Wildman–Crippen LogP) is 6.62. The summed E-state index contributed by atoms with van der Waals surface area (Å²) in [5.74, 6) is 0.856. The van der Waals surface area contributed by atoms with Crippen molar-refractivity contribution < 1.29 is 24.2 Å². The van der Waals surface area contributed by atoms with E-state index in [1.165, 1.54) is 6.92 Å². The Kier molecular flexibility index (Phi) is 6.30. The highest BCUT2D eigenvalue weighted by molar-refractivity contribution is 5.82. The molecule has 0 amide bonds. The molecule has 208 valence electrons. The van der Waals surface area contributed by atoms with E-state index in [4.69, 9.17) is 9.47 Å². The number of aliphatic hydroxyl groups is 1. The van der Waals surface area contributed by atoms with Crippen molar-refractivity contribution in [2.75, 3.05) is 0 Å². The molecule has 0 aromatic carbocycles. The molecule has 37 heavy (non-hydrogen) atoms. The van der Waals surface area contributed by atoms with E-state index in [1.807, 2.05) is 19.9 Å². The first-order valence-corrected chi connectivity index (χ1v) is 14.9. The van der Waals surface area contributed by atoms with Crippen molar-refractivity contribution in [2.24, 2.45) is 45.3 Å². The van der Waals surface area contributed by atoms with Crippen LogP contribution in [-0.2, 0) is 19.1 Å². The average molecular weight is 515 g/mol. The predicted molar refractivity (Wildman–Crippen MR) is 143 cm³/mol. The third-order valence-electron chi connectivity index (χ3n) is 12.9. The highest BCUT2D eigenvalue weighted by Crippen LogP contribution is 2.76. The number of fused-ring (bicyclic) bond motifs is 5. The molecule has 10 atom stereocenters. The number of carbonyl (C=O) groups is 2. The Labute approximate surface area is 224 Å². The van der Waals surface area contributed by atoms with Crippen LogP contribution in [0, 0.1) is 45.3 Å². The van der Waals surface area contributed by atoms with Gasteiger partial charge in [-0.2, -0.15) is 0 Å². The van der Waals surface area contributed by atoms with Crippen LogP contribution in [0.4, 0.5) is 0 Å². The topological polar surface area (TPSA) is 72.8 Å². The summed E-state index contributed by atoms with van der Waals surface area (Å²) in [4.78, 5) is 25.0. The summed E-state index contributed by atoms with van der Waals surface area (Å²) in [7, 11) is 0. The first-order chi connectivity index (χ1) is 17.1. The van der Waals surface area contributed by atoms with Crippen molar-refractivity contribution in [1.29, 1.82) is 0 Å². The van der Waals surface area contributed by atoms with Crippen LogP contribution in [0.2, 0.25) is 0 Å². The van der Waals surface area contributed by atoms with Gasteiger partial charge < -0.3 is 14.6 Å². The van der Waals surface area contributed by atoms with E-state index in [1.54, 1.807) is 0 Å². The lowest BCUT2D eigenvalue weighted by molar-refractivity contribution is -0.229. The van der Waals surface area contributed by atoms with Crippen molar-refractivity contribution in [3.63, 3.8) is 0 Å². The highest BCUT2D eigenvalue weighted by Gasteiger charge is 2.71. The number of rotatable bonds is 3. The Morgan fingerprint density at radius 1 is 0.892 bits per heavy atom. The fourth-order valence-electron chi connectivity index (χ4n) is 11.1. The lowest BCUT2D eigenvalue weighted by atomic mass is 9.35. The van der Waals surface area contributed by atoms with Gasteiger partial charge in [-0.25, -0.2) is 4.79 Å². The summed E-state index contributed by atoms with van der Waals surface area (Å²) in [6.45, 7) is 17.8. The molecule has 5 aliphatic rings. The molecule has 5 nitrogen and oxygen atoms in total. The number of hydrogen-bond donors (Lipinski definition) is 1. The van der Waals surface area contributed by atoms with E-state index in [-0.39, 0.29) is 45.8 Å². The fraction of sp³-hybridized carbons (Fsp3) is 0.875. The average Bonchev–Trinajstić information content (AvgIpc) is 3.27. The summed E-state index contributed by atoms with van der Waals surface area (Å²) < 4.78 is 11.6. The number of esters is 2. The van der Waals surface area contributed by atoms with Crippen molar-refractivity contribution in [2.45, 2.75) is 131 Å². The van der Waals surface area contributed by atoms with Gasteiger partial charge in [0, 0.05) is 24.7 Å². The van der Waals surface area contributed by atoms with E-state index >= 15 is 0 Å². The third kappa shape index (κ3) is 3.72. The molecular formula is C32H50O5. The lowest BCUT2D eigenvalue weighted by Crippen LogP contribution is -2.64. The van der Waals surface area contributed by atoms with Crippen molar-refractivity contribution in [1.82, 2.24) is 0 Å². The van der Waals surface area contributed by atoms with E-state index in [0.717, 1.165) is 56.9 Å². The van der Waals surface area contributed by atoms with Crippen LogP contribution in [0.25, 0.3) is 0 Å². The SMILES string of the molecule is CC(=O)O[C@H]1CC[C@]2(C)[C@H]3CC[C@@H]4[C@@H](C5(O)C[C@@H](C=C(C)C)OC5=O)CC[C@@]4(C)[C@]3(C)CC[C@H]2C1(C)C. The number of hydrogen-bond acceptors (Lipinski definition) is 5. The maximum absolute atomic E-state index is 13.1. The summed E-state index contributed by atoms with van der Waals surface area (Å²) in [5, 5.41) is 11.8. The van der Waals surface area contributed by atoms with Crippen LogP contribution >= 0.6 is 0 Å². The molecule has 0 aromatic rings. The number of allylic oxidation sites excluding steroid dienone is 1. The molecule has 5 rings (SSSR count). The van der Waals surface area contributed by atoms with Crippen molar-refractivity contribution in [3.8, 4) is 0 Å². The second-order valence-electron chi connectivity index (χ2n) is 15.1. The van der Waals surface area contributed by atoms with Gasteiger partial charge in [0.1, 0.15) is 12.2 Å². The molecule has 5 fully saturated rings. The smallest absolute Gasteiger partial charge is 0.339 e. The molecular weight excluding hydrogens is 464 g/mol. The molecule has 5 heteroatoms. The van der Waals surface area contributed by atoms with Gasteiger partial charge in [0.05, 0.1) is 0 Å². The van der Waals surface area contributed by atoms with Crippen molar-refractivity contribution >= 4 is 11.9 Å². The number of ether oxygens (including phenoxy) is 2. The highest BCUT2D eigenvalue weighted by atomic mass is 16.6. The van der Waals surface area contributed by atoms with Crippen LogP contribution in [0.15, 0.2) is 11.6 Å². The van der Waals surface area contributed by atoms with E-state index in [0.29, 0.717) is 24.2 Å². The van der Waals surface area contributed by atoms with Crippen LogP contribution in [-0.4, -0.2) is 34.9 Å². The van der Waals surface area contributed by atoms with Gasteiger partial charge in [-0.15, -0.1) is 0 Å². The van der Waals surface area contributed by atoms with Gasteiger partial charge in [0.25, 0.3) is 0 Å². The van der Waals surface area contributed by atoms with Gasteiger partial charge in [0.2, 0.25) is 0 Å². The standard InChI is InChI=1S/C32H50O5/c1-19(2)17-21-18-32(35,27(34)37-21)23-11-15-30(7)22(23)9-10-25-29(6)14-13-26(36-20(3)33)28(4,5)24(29)12-16-31(25,30)8/h17,21-26,35H,9-16,18H2,1-8H3/t21-,22-,23+,24+,25-,26+,29+,30-,31-,32?/m1/s1. The second-order valence-corrected chi connectivity index (χ2v) is 15.1. The zero-order valence-corrected chi connectivity index (χ0v) is 24.5. The van der Waals surface area contributed by atoms with Crippen LogP contribution in [0.5, 0.6) is 0 Å². The van der Waals surface area contributed by atoms with Gasteiger partial charge in [-0.1, -0.05) is 40.2 Å². The minimum atomic E-state index is -1.37. The van der Waals surface area contributed by atoms with Crippen LogP contribution in [0.1, 0.15) is 113 Å². The maximum atomic E-state index is 13.1. The Morgan fingerprint density at radius 2 is 1.57 bits per heavy atom. The zero-order valence-electron chi connectivity index (χ0n) is 24.5. The minimum absolute atomic E-state index is 0.00778. The molecule has 1 saturated heterocycles. The normalized spacial score (nSPS) is 50.4. The number of carbonyl (C=O) groups excluding carboxylic acids is 2. The molecule has 0 aromatic heterocycles. The maximum Gasteiger partial charge on any atom is 0.339 e. The Bertz CT molecular complexity index is 995. The van der Waals surface area contributed by atoms with E-state index < -0.39 is 11.6 Å². The second kappa shape index (κ2) is 8.57. The Balaban J connectivity index is 1.43. The van der Waals surface area contributed by atoms with E-state index in [2.05, 4.69) is 34.6 Å². The first kappa shape index (κ1) is 27.2. The summed E-state index contributed by atoms with van der Waals surface area (Å²) in [6, 6.07) is 0. The van der Waals surface area contributed by atoms with Gasteiger partial charge in [-0.3, -0.25) is 4.79 Å². The monoisotopic (exact) mass is 514 g/mol. The van der Waals surface area contributed by atoms with Crippen molar-refractivity contribution in [3.05, 3.63) is 11.6 Å². The summed E-state index contributed by atoms with van der Waals surface area (Å²) in [6.07, 6.45) is 10.6. The minimum Gasteiger partial charge on any atom is -0.462 e. The Morgan fingerprint density at radius 3 is 2.22 bits per heavy atom. The third-order valence-corrected chi connectivity index (χ3v) is 12.9. The molecule has 1 heterocycles. The fourth-order valence-corrected chi connectivity index (χ4v) is 11.1. The van der Waals surface area contributed by atoms with Gasteiger partial charge in [0.15, 0.2) is 5.60 Å². The lowest BCUT2D eigenvalue weighted by Gasteiger charge is -2.70. The summed E-state index contributed by atoms with van der Waals surface area (Å²) >= 11 is 0. The largest absolute Gasteiger partial charge is 0.462 e. The molecule has 0 spiro atoms. The Hall–Kier alpha value is -1.36. The molecule has 0 radical (unpaired) electrons. The molecule has 4 saturated carbocycles. The summed E-state index contributed by atoms with van der Waals surface area (Å²) in [5.41, 5.74) is 0.167. The zero-order chi connectivity index (χ0) is 27.2. The van der Waals surface area contributed by atoms with E-state index in [9.17, 15) is 14.7 Å². The van der Waals surface area contributed by atoms with Crippen LogP contribution < -0.4 is 0 Å². The van der Waals surface area contributed by atoms with Crippen LogP contribution in [0.3, 0.4) is 0 Å². The first-order valence-electron chi connectivity index (χ1n) is 14.9. The van der Waals surface area contributed by atoms with Gasteiger partial charge in [-0.05, 0) is 105 Å². The quantitative estimate of drug-likeness (QED) is 0.339.